The van der Waals surface area contributed by atoms with Gasteiger partial charge in [-0.3, -0.25) is 4.79 Å². The largest absolute Gasteiger partial charge is 0.351 e. The summed E-state index contributed by atoms with van der Waals surface area (Å²) in [4.78, 5) is 18.9. The van der Waals surface area contributed by atoms with Gasteiger partial charge in [0.05, 0.1) is 4.88 Å². The lowest BCUT2D eigenvalue weighted by atomic mass is 10.1. The number of likely N-dealkylation sites (N-methyl/N-ethyl adjacent to an activating group) is 1. The van der Waals surface area contributed by atoms with Gasteiger partial charge in [-0.05, 0) is 43.7 Å². The summed E-state index contributed by atoms with van der Waals surface area (Å²) in [5, 5.41) is 9.79. The molecule has 7 heteroatoms. The molecule has 0 aliphatic rings. The van der Waals surface area contributed by atoms with Crippen molar-refractivity contribution in [3.8, 4) is 21.8 Å². The number of nitrogens with one attached hydrogen (secondary N) is 2. The van der Waals surface area contributed by atoms with E-state index in [0.717, 1.165) is 34.0 Å². The summed E-state index contributed by atoms with van der Waals surface area (Å²) in [6.45, 7) is 1.42. The molecule has 3 heterocycles. The second kappa shape index (κ2) is 7.92. The van der Waals surface area contributed by atoms with Gasteiger partial charge >= 0.3 is 5.65 Å². The van der Waals surface area contributed by atoms with Crippen molar-refractivity contribution in [1.29, 1.82) is 0 Å². The molecule has 6 nitrogen and oxygen atoms in total. The number of fused-ring (bicyclic) bond motifs is 1. The van der Waals surface area contributed by atoms with Gasteiger partial charge in [-0.1, -0.05) is 27.8 Å². The average Bonchev–Trinajstić information content (AvgIpc) is 3.37. The third-order valence-corrected chi connectivity index (χ3v) is 5.35. The maximum absolute atomic E-state index is 12.5. The van der Waals surface area contributed by atoms with E-state index in [2.05, 4.69) is 16.4 Å². The fourth-order valence-electron chi connectivity index (χ4n) is 3.00. The Bertz CT molecular complexity index is 1100. The van der Waals surface area contributed by atoms with Crippen LogP contribution in [0.1, 0.15) is 10.4 Å². The van der Waals surface area contributed by atoms with Crippen LogP contribution in [0.4, 0.5) is 0 Å². The number of rotatable bonds is 6. The van der Waals surface area contributed by atoms with E-state index in [0.29, 0.717) is 12.1 Å². The first-order valence-corrected chi connectivity index (χ1v) is 9.97. The number of aromatic amines is 1. The number of benzene rings is 1. The molecule has 3 aromatic heterocycles. The molecule has 2 N–H and O–H groups in total. The fraction of sp³-hybridized carbons (Fsp3) is 0.190. The minimum atomic E-state index is -0.0687. The summed E-state index contributed by atoms with van der Waals surface area (Å²) in [6.07, 6.45) is 1.92. The average molecular weight is 393 g/mol. The van der Waals surface area contributed by atoms with Gasteiger partial charge in [-0.25, -0.2) is 4.98 Å². The van der Waals surface area contributed by atoms with Crippen LogP contribution in [0.15, 0.2) is 60.1 Å². The molecule has 0 aliphatic carbocycles. The van der Waals surface area contributed by atoms with Gasteiger partial charge in [-0.2, -0.15) is 0 Å². The van der Waals surface area contributed by atoms with Crippen LogP contribution in [0.2, 0.25) is 0 Å². The second-order valence-electron chi connectivity index (χ2n) is 6.81. The number of aromatic nitrogens is 3. The zero-order valence-corrected chi connectivity index (χ0v) is 16.7. The van der Waals surface area contributed by atoms with Crippen LogP contribution in [-0.4, -0.2) is 47.6 Å². The van der Waals surface area contributed by atoms with Gasteiger partial charge in [0.25, 0.3) is 5.91 Å². The van der Waals surface area contributed by atoms with Crippen LogP contribution in [-0.2, 0) is 0 Å². The van der Waals surface area contributed by atoms with Gasteiger partial charge < -0.3 is 10.2 Å². The fourth-order valence-corrected chi connectivity index (χ4v) is 3.69. The Hall–Kier alpha value is -3.03. The van der Waals surface area contributed by atoms with Gasteiger partial charge in [0, 0.05) is 30.3 Å². The van der Waals surface area contributed by atoms with Crippen LogP contribution < -0.4 is 10.3 Å². The number of carbonyl (C=O) groups is 1. The highest BCUT2D eigenvalue weighted by molar-refractivity contribution is 7.13. The first-order valence-electron chi connectivity index (χ1n) is 9.09. The van der Waals surface area contributed by atoms with Gasteiger partial charge in [0.1, 0.15) is 11.9 Å². The monoisotopic (exact) mass is 392 g/mol. The van der Waals surface area contributed by atoms with Crippen molar-refractivity contribution in [2.24, 2.45) is 0 Å². The minimum Gasteiger partial charge on any atom is -0.351 e. The van der Waals surface area contributed by atoms with Gasteiger partial charge in [-0.15, -0.1) is 11.3 Å². The Morgan fingerprint density at radius 3 is 2.89 bits per heavy atom. The molecule has 4 aromatic rings. The number of H-pyrrole nitrogens is 1. The maximum atomic E-state index is 12.5. The van der Waals surface area contributed by atoms with Gasteiger partial charge in [0.2, 0.25) is 5.69 Å². The van der Waals surface area contributed by atoms with Crippen LogP contribution >= 0.6 is 11.3 Å². The second-order valence-corrected chi connectivity index (χ2v) is 7.75. The number of thiophene rings is 1. The van der Waals surface area contributed by atoms with E-state index in [1.807, 2.05) is 77.6 Å². The van der Waals surface area contributed by atoms with Crippen LogP contribution in [0, 0.1) is 0 Å². The van der Waals surface area contributed by atoms with Crippen molar-refractivity contribution < 1.29 is 9.78 Å². The maximum Gasteiger partial charge on any atom is 0.305 e. The van der Waals surface area contributed by atoms with Crippen molar-refractivity contribution >= 4 is 22.9 Å². The smallest absolute Gasteiger partial charge is 0.305 e. The summed E-state index contributed by atoms with van der Waals surface area (Å²) in [5.41, 5.74) is 4.31. The zero-order chi connectivity index (χ0) is 19.5. The lowest BCUT2D eigenvalue weighted by Crippen LogP contribution is -2.31. The summed E-state index contributed by atoms with van der Waals surface area (Å²) < 4.78 is 1.89. The van der Waals surface area contributed by atoms with E-state index in [9.17, 15) is 4.79 Å². The Morgan fingerprint density at radius 1 is 1.21 bits per heavy atom. The minimum absolute atomic E-state index is 0.0687. The molecule has 0 atom stereocenters. The molecule has 0 unspecified atom stereocenters. The van der Waals surface area contributed by atoms with E-state index in [1.165, 1.54) is 0 Å². The SMILES string of the molecule is CN(C)CCNC(=O)c1cccc(-c2c[nH+]c3ccc(-c4cccs4)nn23)c1. The van der Waals surface area contributed by atoms with Crippen molar-refractivity contribution in [2.45, 2.75) is 0 Å². The molecule has 0 saturated carbocycles. The standard InChI is InChI=1S/C21H21N5OS/c1-25(2)11-10-22-21(27)16-6-3-5-15(13-16)18-14-23-20-9-8-17(24-26(18)20)19-7-4-12-28-19/h3-9,12-14H,10-11H2,1-2H3,(H,22,27)/p+1. The van der Waals surface area contributed by atoms with Crippen LogP contribution in [0.5, 0.6) is 0 Å². The van der Waals surface area contributed by atoms with Crippen LogP contribution in [0.25, 0.3) is 27.5 Å². The molecule has 0 radical (unpaired) electrons. The molecular weight excluding hydrogens is 370 g/mol. The molecule has 142 valence electrons. The predicted molar refractivity (Wildman–Crippen MR) is 111 cm³/mol. The predicted octanol–water partition coefficient (Wildman–Crippen LogP) is 2.84. The summed E-state index contributed by atoms with van der Waals surface area (Å²) in [6, 6.07) is 15.7. The first kappa shape index (κ1) is 18.3. The zero-order valence-electron chi connectivity index (χ0n) is 15.8. The van der Waals surface area contributed by atoms with E-state index < -0.39 is 0 Å². The summed E-state index contributed by atoms with van der Waals surface area (Å²) in [7, 11) is 3.97. The number of amides is 1. The van der Waals surface area contributed by atoms with E-state index in [1.54, 1.807) is 11.3 Å². The molecule has 1 amide bonds. The van der Waals surface area contributed by atoms with E-state index in [-0.39, 0.29) is 5.91 Å². The molecule has 1 aromatic carbocycles. The summed E-state index contributed by atoms with van der Waals surface area (Å²) >= 11 is 1.66. The Kier molecular flexibility index (Phi) is 5.18. The molecule has 0 saturated heterocycles. The topological polar surface area (TPSA) is 63.8 Å². The molecular formula is C21H22N5OS+. The number of hydrogen-bond donors (Lipinski definition) is 1. The molecule has 0 fully saturated rings. The molecule has 28 heavy (non-hydrogen) atoms. The lowest BCUT2D eigenvalue weighted by Gasteiger charge is -2.10. The Balaban J connectivity index is 1.65. The number of hydrogen-bond acceptors (Lipinski definition) is 4. The summed E-state index contributed by atoms with van der Waals surface area (Å²) in [5.74, 6) is -0.0687. The highest BCUT2D eigenvalue weighted by Crippen LogP contribution is 2.25. The third-order valence-electron chi connectivity index (χ3n) is 4.46. The number of carbonyl (C=O) groups excluding carboxylic acids is 1. The van der Waals surface area contributed by atoms with Crippen molar-refractivity contribution in [3.05, 3.63) is 65.7 Å². The Morgan fingerprint density at radius 2 is 2.11 bits per heavy atom. The lowest BCUT2D eigenvalue weighted by molar-refractivity contribution is -0.343. The van der Waals surface area contributed by atoms with Crippen molar-refractivity contribution in [1.82, 2.24) is 19.8 Å². The molecule has 0 bridgehead atoms. The van der Waals surface area contributed by atoms with Gasteiger partial charge in [0.15, 0.2) is 0 Å². The Labute approximate surface area is 167 Å². The number of nitrogens with zero attached hydrogens (tertiary/aromatic N) is 3. The first-order chi connectivity index (χ1) is 13.6. The van der Waals surface area contributed by atoms with Crippen molar-refractivity contribution in [3.63, 3.8) is 0 Å². The molecule has 0 spiro atoms. The normalized spacial score (nSPS) is 11.2. The van der Waals surface area contributed by atoms with Crippen molar-refractivity contribution in [2.75, 3.05) is 27.2 Å². The van der Waals surface area contributed by atoms with Crippen LogP contribution in [0.3, 0.4) is 0 Å². The molecule has 4 rings (SSSR count). The quantitative estimate of drug-likeness (QED) is 0.549. The van der Waals surface area contributed by atoms with E-state index >= 15 is 0 Å². The highest BCUT2D eigenvalue weighted by Gasteiger charge is 2.17. The number of imidazole rings is 1. The van der Waals surface area contributed by atoms with E-state index in [4.69, 9.17) is 5.10 Å². The molecule has 0 aliphatic heterocycles. The third kappa shape index (κ3) is 3.81. The highest BCUT2D eigenvalue weighted by atomic mass is 32.1.